The quantitative estimate of drug-likeness (QED) is 0.860. The molecule has 0 saturated carbocycles. The SMILES string of the molecule is COc1cc(C(=O)N2CCN(c3ccccc3F)CC2)ncn1. The molecule has 0 unspecified atom stereocenters. The summed E-state index contributed by atoms with van der Waals surface area (Å²) >= 11 is 0. The Kier molecular flexibility index (Phi) is 4.36. The van der Waals surface area contributed by atoms with Gasteiger partial charge in [-0.25, -0.2) is 14.4 Å². The van der Waals surface area contributed by atoms with E-state index in [0.717, 1.165) is 0 Å². The maximum absolute atomic E-state index is 13.8. The van der Waals surface area contributed by atoms with Gasteiger partial charge in [-0.2, -0.15) is 0 Å². The Morgan fingerprint density at radius 2 is 1.91 bits per heavy atom. The van der Waals surface area contributed by atoms with Crippen LogP contribution in [-0.2, 0) is 0 Å². The highest BCUT2D eigenvalue weighted by Gasteiger charge is 2.24. The van der Waals surface area contributed by atoms with Crippen molar-refractivity contribution in [1.82, 2.24) is 14.9 Å². The number of piperazine rings is 1. The number of anilines is 1. The third-order valence-corrected chi connectivity index (χ3v) is 3.83. The predicted octanol–water partition coefficient (Wildman–Crippen LogP) is 1.59. The molecule has 3 rings (SSSR count). The number of amides is 1. The van der Waals surface area contributed by atoms with Crippen LogP contribution in [0.2, 0.25) is 0 Å². The third-order valence-electron chi connectivity index (χ3n) is 3.83. The highest BCUT2D eigenvalue weighted by Crippen LogP contribution is 2.20. The number of carbonyl (C=O) groups excluding carboxylic acids is 1. The minimum absolute atomic E-state index is 0.168. The molecule has 0 N–H and O–H groups in total. The van der Waals surface area contributed by atoms with Crippen molar-refractivity contribution in [3.05, 3.63) is 48.2 Å². The molecule has 1 amide bonds. The van der Waals surface area contributed by atoms with Crippen molar-refractivity contribution in [3.8, 4) is 5.88 Å². The molecule has 0 radical (unpaired) electrons. The summed E-state index contributed by atoms with van der Waals surface area (Å²) in [5, 5.41) is 0. The van der Waals surface area contributed by atoms with Crippen molar-refractivity contribution < 1.29 is 13.9 Å². The highest BCUT2D eigenvalue weighted by atomic mass is 19.1. The number of hydrogen-bond acceptors (Lipinski definition) is 5. The molecule has 6 nitrogen and oxygen atoms in total. The number of halogens is 1. The van der Waals surface area contributed by atoms with Gasteiger partial charge >= 0.3 is 0 Å². The number of rotatable bonds is 3. The van der Waals surface area contributed by atoms with E-state index in [1.165, 1.54) is 25.6 Å². The van der Waals surface area contributed by atoms with Gasteiger partial charge in [0.25, 0.3) is 5.91 Å². The first-order valence-electron chi connectivity index (χ1n) is 7.34. The van der Waals surface area contributed by atoms with Gasteiger partial charge in [0.1, 0.15) is 17.8 Å². The van der Waals surface area contributed by atoms with Gasteiger partial charge in [0, 0.05) is 32.2 Å². The van der Waals surface area contributed by atoms with Crippen molar-refractivity contribution in [1.29, 1.82) is 0 Å². The lowest BCUT2D eigenvalue weighted by atomic mass is 10.2. The number of methoxy groups -OCH3 is 1. The molecule has 0 atom stereocenters. The van der Waals surface area contributed by atoms with E-state index in [1.54, 1.807) is 17.0 Å². The molecule has 120 valence electrons. The fourth-order valence-corrected chi connectivity index (χ4v) is 2.59. The Morgan fingerprint density at radius 1 is 1.17 bits per heavy atom. The lowest BCUT2D eigenvalue weighted by Crippen LogP contribution is -2.49. The predicted molar refractivity (Wildman–Crippen MR) is 83.1 cm³/mol. The zero-order chi connectivity index (χ0) is 16.2. The number of aromatic nitrogens is 2. The lowest BCUT2D eigenvalue weighted by molar-refractivity contribution is 0.0740. The molecule has 7 heteroatoms. The lowest BCUT2D eigenvalue weighted by Gasteiger charge is -2.36. The van der Waals surface area contributed by atoms with Crippen LogP contribution in [0.3, 0.4) is 0 Å². The maximum Gasteiger partial charge on any atom is 0.272 e. The molecule has 1 saturated heterocycles. The van der Waals surface area contributed by atoms with Gasteiger partial charge in [0.05, 0.1) is 12.8 Å². The second-order valence-electron chi connectivity index (χ2n) is 5.18. The molecule has 1 aliphatic heterocycles. The topological polar surface area (TPSA) is 58.6 Å². The van der Waals surface area contributed by atoms with Crippen molar-refractivity contribution in [2.24, 2.45) is 0 Å². The summed E-state index contributed by atoms with van der Waals surface area (Å²) in [6.07, 6.45) is 1.31. The molecule has 2 aromatic rings. The van der Waals surface area contributed by atoms with Gasteiger partial charge in [0.15, 0.2) is 0 Å². The van der Waals surface area contributed by atoms with Crippen LogP contribution in [0.1, 0.15) is 10.5 Å². The van der Waals surface area contributed by atoms with Crippen LogP contribution in [-0.4, -0.2) is 54.1 Å². The summed E-state index contributed by atoms with van der Waals surface area (Å²) in [6, 6.07) is 8.19. The number of para-hydroxylation sites is 1. The molecule has 0 aliphatic carbocycles. The molecule has 1 aromatic heterocycles. The Morgan fingerprint density at radius 3 is 2.61 bits per heavy atom. The summed E-state index contributed by atoms with van der Waals surface area (Å²) in [5.74, 6) is -0.0555. The first-order valence-corrected chi connectivity index (χ1v) is 7.34. The number of benzene rings is 1. The van der Waals surface area contributed by atoms with E-state index in [4.69, 9.17) is 4.74 Å². The summed E-state index contributed by atoms with van der Waals surface area (Å²) < 4.78 is 18.8. The van der Waals surface area contributed by atoms with E-state index >= 15 is 0 Å². The average molecular weight is 316 g/mol. The van der Waals surface area contributed by atoms with Crippen LogP contribution in [0.5, 0.6) is 5.88 Å². The zero-order valence-electron chi connectivity index (χ0n) is 12.8. The van der Waals surface area contributed by atoms with Crippen LogP contribution in [0.4, 0.5) is 10.1 Å². The molecule has 0 bridgehead atoms. The summed E-state index contributed by atoms with van der Waals surface area (Å²) in [5.41, 5.74) is 0.875. The summed E-state index contributed by atoms with van der Waals surface area (Å²) in [4.78, 5) is 24.0. The minimum Gasteiger partial charge on any atom is -0.481 e. The largest absolute Gasteiger partial charge is 0.481 e. The number of nitrogens with zero attached hydrogens (tertiary/aromatic N) is 4. The van der Waals surface area contributed by atoms with Crippen molar-refractivity contribution in [2.45, 2.75) is 0 Å². The van der Waals surface area contributed by atoms with Crippen molar-refractivity contribution >= 4 is 11.6 Å². The highest BCUT2D eigenvalue weighted by molar-refractivity contribution is 5.92. The van der Waals surface area contributed by atoms with E-state index in [-0.39, 0.29) is 11.7 Å². The fourth-order valence-electron chi connectivity index (χ4n) is 2.59. The molecule has 2 heterocycles. The Labute approximate surface area is 133 Å². The molecule has 1 aromatic carbocycles. The smallest absolute Gasteiger partial charge is 0.272 e. The normalized spacial score (nSPS) is 14.7. The van der Waals surface area contributed by atoms with Crippen molar-refractivity contribution in [3.63, 3.8) is 0 Å². The Balaban J connectivity index is 1.66. The first-order chi connectivity index (χ1) is 11.2. The van der Waals surface area contributed by atoms with Crippen LogP contribution in [0.15, 0.2) is 36.7 Å². The minimum atomic E-state index is -0.243. The Hall–Kier alpha value is -2.70. The number of ether oxygens (including phenoxy) is 1. The molecule has 0 spiro atoms. The average Bonchev–Trinajstić information content (AvgIpc) is 2.62. The molecule has 1 aliphatic rings. The monoisotopic (exact) mass is 316 g/mol. The summed E-state index contributed by atoms with van der Waals surface area (Å²) in [7, 11) is 1.49. The van der Waals surface area contributed by atoms with E-state index in [2.05, 4.69) is 9.97 Å². The van der Waals surface area contributed by atoms with Gasteiger partial charge in [-0.05, 0) is 12.1 Å². The zero-order valence-corrected chi connectivity index (χ0v) is 12.8. The van der Waals surface area contributed by atoms with E-state index in [0.29, 0.717) is 43.4 Å². The van der Waals surface area contributed by atoms with Crippen molar-refractivity contribution in [2.75, 3.05) is 38.2 Å². The van der Waals surface area contributed by atoms with Crippen LogP contribution in [0, 0.1) is 5.82 Å². The molecule has 23 heavy (non-hydrogen) atoms. The van der Waals surface area contributed by atoms with Crippen LogP contribution < -0.4 is 9.64 Å². The number of carbonyl (C=O) groups is 1. The van der Waals surface area contributed by atoms with Gasteiger partial charge in [-0.3, -0.25) is 4.79 Å². The fraction of sp³-hybridized carbons (Fsp3) is 0.312. The van der Waals surface area contributed by atoms with Gasteiger partial charge in [-0.15, -0.1) is 0 Å². The van der Waals surface area contributed by atoms with Gasteiger partial charge in [0.2, 0.25) is 5.88 Å². The van der Waals surface area contributed by atoms with Crippen LogP contribution >= 0.6 is 0 Å². The summed E-state index contributed by atoms with van der Waals surface area (Å²) in [6.45, 7) is 2.18. The second-order valence-corrected chi connectivity index (χ2v) is 5.18. The maximum atomic E-state index is 13.8. The Bertz CT molecular complexity index is 702. The van der Waals surface area contributed by atoms with Gasteiger partial charge < -0.3 is 14.5 Å². The number of hydrogen-bond donors (Lipinski definition) is 0. The van der Waals surface area contributed by atoms with E-state index in [9.17, 15) is 9.18 Å². The molecule has 1 fully saturated rings. The first kappa shape index (κ1) is 15.2. The molecular weight excluding hydrogens is 299 g/mol. The molecular formula is C16H17FN4O2. The van der Waals surface area contributed by atoms with Crippen LogP contribution in [0.25, 0.3) is 0 Å². The van der Waals surface area contributed by atoms with E-state index in [1.807, 2.05) is 11.0 Å². The third kappa shape index (κ3) is 3.23. The van der Waals surface area contributed by atoms with E-state index < -0.39 is 0 Å². The standard InChI is InChI=1S/C16H17FN4O2/c1-23-15-10-13(18-11-19-15)16(22)21-8-6-20(7-9-21)14-5-3-2-4-12(14)17/h2-5,10-11H,6-9H2,1H3. The van der Waals surface area contributed by atoms with Gasteiger partial charge in [-0.1, -0.05) is 12.1 Å². The second kappa shape index (κ2) is 6.60.